The Morgan fingerprint density at radius 1 is 0.459 bits per heavy atom. The molecule has 0 unspecified atom stereocenters. The first-order chi connectivity index (χ1) is 16.8. The van der Waals surface area contributed by atoms with E-state index in [0.29, 0.717) is 5.56 Å². The molecular formula is C32H39F4N. The third-order valence-corrected chi connectivity index (χ3v) is 5.03. The maximum Gasteiger partial charge on any atom is 0.161 e. The van der Waals surface area contributed by atoms with Gasteiger partial charge in [0.25, 0.3) is 0 Å². The summed E-state index contributed by atoms with van der Waals surface area (Å²) in [5, 5.41) is 0. The lowest BCUT2D eigenvalue weighted by atomic mass is 10.1. The molecule has 0 saturated carbocycles. The molecule has 0 atom stereocenters. The van der Waals surface area contributed by atoms with Gasteiger partial charge < -0.3 is 0 Å². The van der Waals surface area contributed by atoms with E-state index in [0.717, 1.165) is 33.5 Å². The molecule has 0 aliphatic carbocycles. The topological polar surface area (TPSA) is 12.9 Å². The Bertz CT molecular complexity index is 1180. The number of rotatable bonds is 0. The number of aryl methyl sites for hydroxylation is 8. The van der Waals surface area contributed by atoms with Crippen molar-refractivity contribution in [2.45, 2.75) is 62.8 Å². The molecule has 0 bridgehead atoms. The van der Waals surface area contributed by atoms with E-state index in [2.05, 4.69) is 18.0 Å². The maximum atomic E-state index is 12.5. The third-order valence-electron chi connectivity index (χ3n) is 5.03. The van der Waals surface area contributed by atoms with Crippen LogP contribution in [-0.2, 0) is 0 Å². The van der Waals surface area contributed by atoms with Gasteiger partial charge in [-0.25, -0.2) is 17.6 Å². The predicted molar refractivity (Wildman–Crippen MR) is 148 cm³/mol. The summed E-state index contributed by atoms with van der Waals surface area (Å²) in [5.74, 6) is -1.76. The fourth-order valence-corrected chi connectivity index (χ4v) is 3.17. The molecule has 1 nitrogen and oxygen atoms in total. The number of hydrogen-bond donors (Lipinski definition) is 0. The van der Waals surface area contributed by atoms with E-state index >= 15 is 0 Å². The number of pyridine rings is 1. The van der Waals surface area contributed by atoms with Gasteiger partial charge in [0.15, 0.2) is 11.6 Å². The highest BCUT2D eigenvalue weighted by Gasteiger charge is 2.04. The van der Waals surface area contributed by atoms with E-state index in [1.54, 1.807) is 45.9 Å². The first-order valence-electron chi connectivity index (χ1n) is 11.6. The van der Waals surface area contributed by atoms with Crippen LogP contribution >= 0.6 is 0 Å². The average Bonchev–Trinajstić information content (AvgIpc) is 2.79. The Kier molecular flexibility index (Phi) is 14.8. The average molecular weight is 514 g/mol. The standard InChI is InChI=1S/C8H8F2.2C8H9F.C7H9N.CH4/c1-5-3-6(2)8(10)7(9)4-5;2*1-6-3-4-8(9)7(2)5-6;1-6-3-4-8-7(2)5-6;/h3-4H,1-2H3;2*3-5H,1-2H3;3-5H,1-2H3;1H4. The molecule has 1 aromatic heterocycles. The first-order valence-corrected chi connectivity index (χ1v) is 11.6. The molecule has 1 heterocycles. The summed E-state index contributed by atoms with van der Waals surface area (Å²) in [6.45, 7) is 14.8. The summed E-state index contributed by atoms with van der Waals surface area (Å²) in [5.41, 5.74) is 7.12. The molecule has 0 N–H and O–H groups in total. The molecule has 0 aliphatic heterocycles. The van der Waals surface area contributed by atoms with Crippen LogP contribution in [0.25, 0.3) is 0 Å². The molecule has 37 heavy (non-hydrogen) atoms. The van der Waals surface area contributed by atoms with E-state index in [-0.39, 0.29) is 19.1 Å². The maximum absolute atomic E-state index is 12.5. The van der Waals surface area contributed by atoms with Crippen molar-refractivity contribution in [1.82, 2.24) is 4.98 Å². The highest BCUT2D eigenvalue weighted by atomic mass is 19.2. The van der Waals surface area contributed by atoms with Gasteiger partial charge in [0.1, 0.15) is 11.6 Å². The first kappa shape index (κ1) is 33.5. The van der Waals surface area contributed by atoms with Crippen LogP contribution in [0.15, 0.2) is 66.9 Å². The van der Waals surface area contributed by atoms with E-state index in [1.807, 2.05) is 45.2 Å². The van der Waals surface area contributed by atoms with Gasteiger partial charge in [-0.1, -0.05) is 48.9 Å². The molecule has 0 spiro atoms. The van der Waals surface area contributed by atoms with Crippen molar-refractivity contribution in [3.8, 4) is 0 Å². The van der Waals surface area contributed by atoms with Crippen LogP contribution in [0.2, 0.25) is 0 Å². The van der Waals surface area contributed by atoms with Crippen molar-refractivity contribution in [3.05, 3.63) is 135 Å². The van der Waals surface area contributed by atoms with Crippen LogP contribution in [0, 0.1) is 78.7 Å². The molecule has 4 aromatic rings. The van der Waals surface area contributed by atoms with Crippen molar-refractivity contribution in [3.63, 3.8) is 0 Å². The van der Waals surface area contributed by atoms with E-state index in [1.165, 1.54) is 23.8 Å². The van der Waals surface area contributed by atoms with E-state index in [4.69, 9.17) is 0 Å². The number of aromatic nitrogens is 1. The quantitative estimate of drug-likeness (QED) is 0.213. The summed E-state index contributed by atoms with van der Waals surface area (Å²) < 4.78 is 50.0. The summed E-state index contributed by atoms with van der Waals surface area (Å²) in [6.07, 6.45) is 1.82. The molecule has 0 amide bonds. The molecule has 0 radical (unpaired) electrons. The highest BCUT2D eigenvalue weighted by Crippen LogP contribution is 2.12. The fourth-order valence-electron chi connectivity index (χ4n) is 3.17. The van der Waals surface area contributed by atoms with Gasteiger partial charge in [-0.05, 0) is 114 Å². The highest BCUT2D eigenvalue weighted by molar-refractivity contribution is 5.24. The Morgan fingerprint density at radius 2 is 0.892 bits per heavy atom. The molecule has 0 fully saturated rings. The molecule has 0 aliphatic rings. The van der Waals surface area contributed by atoms with E-state index in [9.17, 15) is 17.6 Å². The molecule has 0 saturated heterocycles. The van der Waals surface area contributed by atoms with Crippen LogP contribution in [0.4, 0.5) is 17.6 Å². The molecule has 3 aromatic carbocycles. The number of nitrogens with zero attached hydrogens (tertiary/aromatic N) is 1. The molecule has 4 rings (SSSR count). The minimum atomic E-state index is -0.766. The van der Waals surface area contributed by atoms with E-state index < -0.39 is 11.6 Å². The number of hydrogen-bond acceptors (Lipinski definition) is 1. The zero-order chi connectivity index (χ0) is 27.4. The van der Waals surface area contributed by atoms with Crippen molar-refractivity contribution in [2.75, 3.05) is 0 Å². The third kappa shape index (κ3) is 12.9. The second kappa shape index (κ2) is 16.3. The Labute approximate surface area is 220 Å². The normalized spacial score (nSPS) is 9.41. The van der Waals surface area contributed by atoms with Gasteiger partial charge in [-0.15, -0.1) is 0 Å². The van der Waals surface area contributed by atoms with Crippen LogP contribution in [-0.4, -0.2) is 4.98 Å². The Hall–Kier alpha value is -3.47. The van der Waals surface area contributed by atoms with Gasteiger partial charge in [-0.2, -0.15) is 0 Å². The summed E-state index contributed by atoms with van der Waals surface area (Å²) >= 11 is 0. The van der Waals surface area contributed by atoms with Crippen molar-refractivity contribution in [2.24, 2.45) is 0 Å². The Morgan fingerprint density at radius 3 is 1.22 bits per heavy atom. The predicted octanol–water partition coefficient (Wildman–Crippen LogP) is 9.80. The molecule has 200 valence electrons. The lowest BCUT2D eigenvalue weighted by Gasteiger charge is -1.98. The smallest absolute Gasteiger partial charge is 0.161 e. The monoisotopic (exact) mass is 513 g/mol. The summed E-state index contributed by atoms with van der Waals surface area (Å²) in [4.78, 5) is 4.04. The summed E-state index contributed by atoms with van der Waals surface area (Å²) in [7, 11) is 0. The second-order valence-corrected chi connectivity index (χ2v) is 8.86. The van der Waals surface area contributed by atoms with Gasteiger partial charge in [0.2, 0.25) is 0 Å². The largest absolute Gasteiger partial charge is 0.262 e. The molecular weight excluding hydrogens is 474 g/mol. The zero-order valence-electron chi connectivity index (χ0n) is 22.3. The zero-order valence-corrected chi connectivity index (χ0v) is 22.3. The van der Waals surface area contributed by atoms with Crippen molar-refractivity contribution >= 4 is 0 Å². The minimum absolute atomic E-state index is 0. The van der Waals surface area contributed by atoms with Crippen LogP contribution in [0.1, 0.15) is 52.1 Å². The lowest BCUT2D eigenvalue weighted by molar-refractivity contribution is 0.502. The minimum Gasteiger partial charge on any atom is -0.262 e. The fraction of sp³-hybridized carbons (Fsp3) is 0.281. The van der Waals surface area contributed by atoms with Gasteiger partial charge in [-0.3, -0.25) is 4.98 Å². The SMILES string of the molecule is C.Cc1cc(C)c(F)c(F)c1.Cc1ccc(F)c(C)c1.Cc1ccc(F)c(C)c1.Cc1ccnc(C)c1. The van der Waals surface area contributed by atoms with Gasteiger partial charge in [0.05, 0.1) is 0 Å². The lowest BCUT2D eigenvalue weighted by Crippen LogP contribution is -1.89. The number of halogens is 4. The number of benzene rings is 3. The van der Waals surface area contributed by atoms with Gasteiger partial charge in [0, 0.05) is 11.9 Å². The second-order valence-electron chi connectivity index (χ2n) is 8.86. The van der Waals surface area contributed by atoms with Crippen LogP contribution in [0.5, 0.6) is 0 Å². The molecule has 5 heteroatoms. The van der Waals surface area contributed by atoms with Crippen LogP contribution < -0.4 is 0 Å². The van der Waals surface area contributed by atoms with Crippen LogP contribution in [0.3, 0.4) is 0 Å². The summed E-state index contributed by atoms with van der Waals surface area (Å²) in [6, 6.07) is 17.0. The van der Waals surface area contributed by atoms with Crippen molar-refractivity contribution < 1.29 is 17.6 Å². The van der Waals surface area contributed by atoms with Gasteiger partial charge >= 0.3 is 0 Å². The Balaban J connectivity index is 0.000000464. The van der Waals surface area contributed by atoms with Crippen molar-refractivity contribution in [1.29, 1.82) is 0 Å².